The van der Waals surface area contributed by atoms with Gasteiger partial charge in [0.1, 0.15) is 5.75 Å². The zero-order valence-corrected chi connectivity index (χ0v) is 10.2. The zero-order valence-electron chi connectivity index (χ0n) is 10.2. The second kappa shape index (κ2) is 6.16. The number of aryl methyl sites for hydroxylation is 1. The lowest BCUT2D eigenvalue weighted by molar-refractivity contribution is -0.121. The predicted octanol–water partition coefficient (Wildman–Crippen LogP) is 2.42. The highest BCUT2D eigenvalue weighted by molar-refractivity contribution is 5.75. The number of ether oxygens (including phenoxy) is 1. The van der Waals surface area contributed by atoms with Gasteiger partial charge in [0.2, 0.25) is 5.91 Å². The van der Waals surface area contributed by atoms with Gasteiger partial charge in [0.15, 0.2) is 0 Å². The lowest BCUT2D eigenvalue weighted by atomic mass is 10.1. The van der Waals surface area contributed by atoms with E-state index >= 15 is 0 Å². The molecule has 0 saturated heterocycles. The smallest absolute Gasteiger partial charge is 0.220 e. The molecule has 0 heterocycles. The summed E-state index contributed by atoms with van der Waals surface area (Å²) in [5.74, 6) is 0.962. The van der Waals surface area contributed by atoms with Gasteiger partial charge in [-0.3, -0.25) is 4.79 Å². The topological polar surface area (TPSA) is 38.3 Å². The minimum Gasteiger partial charge on any atom is -0.496 e. The third-order valence-corrected chi connectivity index (χ3v) is 2.44. The maximum absolute atomic E-state index is 11.3. The number of hydrogen-bond donors (Lipinski definition) is 1. The number of carbonyl (C=O) groups is 1. The van der Waals surface area contributed by atoms with E-state index in [1.165, 1.54) is 0 Å². The van der Waals surface area contributed by atoms with Crippen LogP contribution in [0.4, 0.5) is 0 Å². The number of methoxy groups -OCH3 is 1. The number of benzene rings is 1. The number of rotatable bonds is 5. The van der Waals surface area contributed by atoms with E-state index in [0.29, 0.717) is 13.0 Å². The first-order valence-corrected chi connectivity index (χ1v) is 5.57. The van der Waals surface area contributed by atoms with Crippen molar-refractivity contribution in [2.24, 2.45) is 0 Å². The summed E-state index contributed by atoms with van der Waals surface area (Å²) in [6, 6.07) is 5.96. The van der Waals surface area contributed by atoms with Gasteiger partial charge in [0.25, 0.3) is 0 Å². The Balaban J connectivity index is 2.57. The van der Waals surface area contributed by atoms with E-state index in [2.05, 4.69) is 5.32 Å². The number of carbonyl (C=O) groups excluding carboxylic acids is 1. The van der Waals surface area contributed by atoms with Crippen molar-refractivity contribution in [2.45, 2.75) is 33.2 Å². The first-order chi connectivity index (χ1) is 7.67. The molecule has 0 spiro atoms. The summed E-state index contributed by atoms with van der Waals surface area (Å²) in [6.07, 6.45) is 1.46. The van der Waals surface area contributed by atoms with Crippen molar-refractivity contribution in [3.63, 3.8) is 0 Å². The van der Waals surface area contributed by atoms with Crippen molar-refractivity contribution in [1.82, 2.24) is 5.32 Å². The molecule has 3 nitrogen and oxygen atoms in total. The lowest BCUT2D eigenvalue weighted by Gasteiger charge is -2.08. The minimum atomic E-state index is 0.0991. The van der Waals surface area contributed by atoms with Crippen LogP contribution in [-0.2, 0) is 11.3 Å². The van der Waals surface area contributed by atoms with Gasteiger partial charge in [-0.05, 0) is 30.5 Å². The Hall–Kier alpha value is -1.51. The van der Waals surface area contributed by atoms with E-state index in [1.54, 1.807) is 7.11 Å². The molecule has 1 amide bonds. The highest BCUT2D eigenvalue weighted by atomic mass is 16.5. The van der Waals surface area contributed by atoms with Crippen LogP contribution in [0.25, 0.3) is 0 Å². The molecule has 0 aliphatic heterocycles. The molecule has 0 aliphatic rings. The van der Waals surface area contributed by atoms with Gasteiger partial charge in [0.05, 0.1) is 7.11 Å². The first-order valence-electron chi connectivity index (χ1n) is 5.57. The molecule has 0 radical (unpaired) electrons. The summed E-state index contributed by atoms with van der Waals surface area (Å²) in [5.41, 5.74) is 2.16. The monoisotopic (exact) mass is 221 g/mol. The molecule has 16 heavy (non-hydrogen) atoms. The highest BCUT2D eigenvalue weighted by Crippen LogP contribution is 2.18. The average molecular weight is 221 g/mol. The van der Waals surface area contributed by atoms with Gasteiger partial charge in [-0.1, -0.05) is 19.1 Å². The molecule has 0 unspecified atom stereocenters. The van der Waals surface area contributed by atoms with Crippen LogP contribution in [-0.4, -0.2) is 13.0 Å². The van der Waals surface area contributed by atoms with Crippen molar-refractivity contribution in [2.75, 3.05) is 7.11 Å². The van der Waals surface area contributed by atoms with Gasteiger partial charge in [-0.15, -0.1) is 0 Å². The van der Waals surface area contributed by atoms with Crippen LogP contribution >= 0.6 is 0 Å². The summed E-state index contributed by atoms with van der Waals surface area (Å²) < 4.78 is 5.23. The Labute approximate surface area is 96.8 Å². The Kier molecular flexibility index (Phi) is 4.83. The molecule has 0 fully saturated rings. The van der Waals surface area contributed by atoms with Gasteiger partial charge >= 0.3 is 0 Å². The summed E-state index contributed by atoms with van der Waals surface area (Å²) in [7, 11) is 1.65. The summed E-state index contributed by atoms with van der Waals surface area (Å²) in [6.45, 7) is 4.56. The third-order valence-electron chi connectivity index (χ3n) is 2.44. The molecule has 0 aromatic heterocycles. The SMILES string of the molecule is CCCC(=O)NCc1ccc(C)c(OC)c1. The third kappa shape index (κ3) is 3.57. The predicted molar refractivity (Wildman–Crippen MR) is 64.5 cm³/mol. The fourth-order valence-electron chi connectivity index (χ4n) is 1.49. The molecule has 1 aromatic carbocycles. The Morgan fingerprint density at radius 3 is 2.81 bits per heavy atom. The van der Waals surface area contributed by atoms with E-state index in [1.807, 2.05) is 32.0 Å². The van der Waals surface area contributed by atoms with E-state index < -0.39 is 0 Å². The van der Waals surface area contributed by atoms with Crippen LogP contribution < -0.4 is 10.1 Å². The fourth-order valence-corrected chi connectivity index (χ4v) is 1.49. The highest BCUT2D eigenvalue weighted by Gasteiger charge is 2.02. The van der Waals surface area contributed by atoms with E-state index in [9.17, 15) is 4.79 Å². The van der Waals surface area contributed by atoms with Crippen molar-refractivity contribution in [3.8, 4) is 5.75 Å². The van der Waals surface area contributed by atoms with Gasteiger partial charge in [-0.2, -0.15) is 0 Å². The second-order valence-electron chi connectivity index (χ2n) is 3.83. The van der Waals surface area contributed by atoms with Crippen molar-refractivity contribution in [3.05, 3.63) is 29.3 Å². The molecule has 0 bridgehead atoms. The molecule has 1 N–H and O–H groups in total. The number of amides is 1. The first kappa shape index (κ1) is 12.6. The van der Waals surface area contributed by atoms with Crippen LogP contribution in [0.2, 0.25) is 0 Å². The number of hydrogen-bond acceptors (Lipinski definition) is 2. The Bertz CT molecular complexity index is 361. The molecule has 0 atom stereocenters. The van der Waals surface area contributed by atoms with Crippen molar-refractivity contribution >= 4 is 5.91 Å². The van der Waals surface area contributed by atoms with E-state index in [0.717, 1.165) is 23.3 Å². The standard InChI is InChI=1S/C13H19NO2/c1-4-5-13(15)14-9-11-7-6-10(2)12(8-11)16-3/h6-8H,4-5,9H2,1-3H3,(H,14,15). The van der Waals surface area contributed by atoms with Crippen molar-refractivity contribution in [1.29, 1.82) is 0 Å². The van der Waals surface area contributed by atoms with Crippen LogP contribution in [0.5, 0.6) is 5.75 Å². The Morgan fingerprint density at radius 2 is 2.19 bits per heavy atom. The quantitative estimate of drug-likeness (QED) is 0.829. The zero-order chi connectivity index (χ0) is 12.0. The molecule has 0 saturated carbocycles. The molecule has 3 heteroatoms. The van der Waals surface area contributed by atoms with Crippen LogP contribution in [0.3, 0.4) is 0 Å². The molecular weight excluding hydrogens is 202 g/mol. The molecular formula is C13H19NO2. The largest absolute Gasteiger partial charge is 0.496 e. The van der Waals surface area contributed by atoms with Gasteiger partial charge in [0, 0.05) is 13.0 Å². The summed E-state index contributed by atoms with van der Waals surface area (Å²) >= 11 is 0. The maximum atomic E-state index is 11.3. The fraction of sp³-hybridized carbons (Fsp3) is 0.462. The Morgan fingerprint density at radius 1 is 1.44 bits per heavy atom. The van der Waals surface area contributed by atoms with Crippen LogP contribution in [0, 0.1) is 6.92 Å². The lowest BCUT2D eigenvalue weighted by Crippen LogP contribution is -2.22. The van der Waals surface area contributed by atoms with Crippen LogP contribution in [0.15, 0.2) is 18.2 Å². The molecule has 1 rings (SSSR count). The van der Waals surface area contributed by atoms with Gasteiger partial charge < -0.3 is 10.1 Å². The number of nitrogens with one attached hydrogen (secondary N) is 1. The molecule has 1 aromatic rings. The van der Waals surface area contributed by atoms with Gasteiger partial charge in [-0.25, -0.2) is 0 Å². The molecule has 0 aliphatic carbocycles. The van der Waals surface area contributed by atoms with Crippen molar-refractivity contribution < 1.29 is 9.53 Å². The van der Waals surface area contributed by atoms with Crippen LogP contribution in [0.1, 0.15) is 30.9 Å². The van der Waals surface area contributed by atoms with E-state index in [4.69, 9.17) is 4.74 Å². The second-order valence-corrected chi connectivity index (χ2v) is 3.83. The average Bonchev–Trinajstić information content (AvgIpc) is 2.28. The molecule has 88 valence electrons. The minimum absolute atomic E-state index is 0.0991. The normalized spacial score (nSPS) is 9.94. The summed E-state index contributed by atoms with van der Waals surface area (Å²) in [5, 5.41) is 2.88. The maximum Gasteiger partial charge on any atom is 0.220 e. The van der Waals surface area contributed by atoms with E-state index in [-0.39, 0.29) is 5.91 Å². The summed E-state index contributed by atoms with van der Waals surface area (Å²) in [4.78, 5) is 11.3.